The Balaban J connectivity index is 2.03. The van der Waals surface area contributed by atoms with E-state index in [9.17, 15) is 0 Å². The second kappa shape index (κ2) is 4.86. The lowest BCUT2D eigenvalue weighted by Crippen LogP contribution is -2.35. The monoisotopic (exact) mass is 218 g/mol. The summed E-state index contributed by atoms with van der Waals surface area (Å²) in [6.07, 6.45) is 5.92. The van der Waals surface area contributed by atoms with Crippen molar-refractivity contribution < 1.29 is 0 Å². The van der Waals surface area contributed by atoms with Gasteiger partial charge in [-0.1, -0.05) is 26.7 Å². The maximum atomic E-state index is 4.23. The van der Waals surface area contributed by atoms with Crippen molar-refractivity contribution in [2.24, 2.45) is 11.8 Å². The van der Waals surface area contributed by atoms with Crippen LogP contribution < -0.4 is 5.32 Å². The molecule has 1 heterocycles. The van der Waals surface area contributed by atoms with Crippen LogP contribution in [0.2, 0.25) is 0 Å². The van der Waals surface area contributed by atoms with Crippen molar-refractivity contribution in [1.82, 2.24) is 4.98 Å². The minimum absolute atomic E-state index is 0.630. The van der Waals surface area contributed by atoms with Crippen LogP contribution in [0.25, 0.3) is 0 Å². The van der Waals surface area contributed by atoms with E-state index in [1.807, 2.05) is 13.1 Å². The van der Waals surface area contributed by atoms with Crippen LogP contribution in [0.5, 0.6) is 0 Å². The molecule has 2 heteroatoms. The molecule has 1 aromatic rings. The van der Waals surface area contributed by atoms with Crippen molar-refractivity contribution in [3.8, 4) is 0 Å². The zero-order valence-electron chi connectivity index (χ0n) is 10.5. The molecule has 2 nitrogen and oxygen atoms in total. The quantitative estimate of drug-likeness (QED) is 0.820. The summed E-state index contributed by atoms with van der Waals surface area (Å²) in [5, 5.41) is 3.66. The van der Waals surface area contributed by atoms with E-state index in [0.717, 1.165) is 17.5 Å². The molecule has 0 amide bonds. The second-order valence-electron chi connectivity index (χ2n) is 5.20. The average Bonchev–Trinajstić information content (AvgIpc) is 2.25. The number of aryl methyl sites for hydroxylation is 1. The third-order valence-electron chi connectivity index (χ3n) is 3.96. The molecule has 3 atom stereocenters. The normalized spacial score (nSPS) is 30.1. The van der Waals surface area contributed by atoms with E-state index in [1.165, 1.54) is 24.9 Å². The summed E-state index contributed by atoms with van der Waals surface area (Å²) < 4.78 is 0. The Morgan fingerprint density at radius 1 is 1.31 bits per heavy atom. The highest BCUT2D eigenvalue weighted by Crippen LogP contribution is 2.31. The number of rotatable bonds is 2. The first-order valence-electron chi connectivity index (χ1n) is 6.36. The van der Waals surface area contributed by atoms with E-state index in [-0.39, 0.29) is 0 Å². The fraction of sp³-hybridized carbons (Fsp3) is 0.643. The van der Waals surface area contributed by atoms with Gasteiger partial charge in [0.2, 0.25) is 0 Å². The summed E-state index contributed by atoms with van der Waals surface area (Å²) in [6.45, 7) is 6.78. The highest BCUT2D eigenvalue weighted by molar-refractivity contribution is 5.44. The minimum Gasteiger partial charge on any atom is -0.382 e. The molecule has 2 rings (SSSR count). The molecule has 1 N–H and O–H groups in total. The van der Waals surface area contributed by atoms with E-state index in [0.29, 0.717) is 6.04 Å². The first-order chi connectivity index (χ1) is 7.66. The Bertz CT molecular complexity index is 348. The van der Waals surface area contributed by atoms with Crippen LogP contribution >= 0.6 is 0 Å². The zero-order chi connectivity index (χ0) is 11.5. The number of aromatic nitrogens is 1. The fourth-order valence-electron chi connectivity index (χ4n) is 2.64. The summed E-state index contributed by atoms with van der Waals surface area (Å²) in [7, 11) is 0. The van der Waals surface area contributed by atoms with Gasteiger partial charge in [-0.2, -0.15) is 0 Å². The van der Waals surface area contributed by atoms with Crippen molar-refractivity contribution in [2.45, 2.75) is 46.1 Å². The van der Waals surface area contributed by atoms with Crippen LogP contribution in [0.4, 0.5) is 5.69 Å². The standard InChI is InChI=1S/C14H22N2/c1-10-5-4-6-14(12(10)3)16-13-7-8-15-11(2)9-13/h7-10,12,14H,4-6H2,1-3H3,(H,15,16). The molecule has 16 heavy (non-hydrogen) atoms. The van der Waals surface area contributed by atoms with Gasteiger partial charge in [-0.05, 0) is 37.3 Å². The number of pyridine rings is 1. The summed E-state index contributed by atoms with van der Waals surface area (Å²) in [4.78, 5) is 4.23. The molecule has 0 radical (unpaired) electrons. The van der Waals surface area contributed by atoms with Crippen molar-refractivity contribution >= 4 is 5.69 Å². The van der Waals surface area contributed by atoms with Crippen molar-refractivity contribution in [3.63, 3.8) is 0 Å². The maximum absolute atomic E-state index is 4.23. The van der Waals surface area contributed by atoms with Gasteiger partial charge in [0.25, 0.3) is 0 Å². The number of anilines is 1. The van der Waals surface area contributed by atoms with Crippen LogP contribution in [0.1, 0.15) is 38.8 Å². The topological polar surface area (TPSA) is 24.9 Å². The largest absolute Gasteiger partial charge is 0.382 e. The minimum atomic E-state index is 0.630. The molecule has 0 bridgehead atoms. The Kier molecular flexibility index (Phi) is 3.47. The molecule has 1 fully saturated rings. The number of nitrogens with one attached hydrogen (secondary N) is 1. The lowest BCUT2D eigenvalue weighted by atomic mass is 9.78. The molecule has 1 saturated carbocycles. The van der Waals surface area contributed by atoms with Gasteiger partial charge >= 0.3 is 0 Å². The van der Waals surface area contributed by atoms with Crippen LogP contribution in [-0.4, -0.2) is 11.0 Å². The van der Waals surface area contributed by atoms with Crippen LogP contribution in [0, 0.1) is 18.8 Å². The van der Waals surface area contributed by atoms with Gasteiger partial charge in [0.15, 0.2) is 0 Å². The Morgan fingerprint density at radius 3 is 2.88 bits per heavy atom. The fourth-order valence-corrected chi connectivity index (χ4v) is 2.64. The number of nitrogens with zero attached hydrogens (tertiary/aromatic N) is 1. The van der Waals surface area contributed by atoms with E-state index in [2.05, 4.69) is 36.3 Å². The molecular weight excluding hydrogens is 196 g/mol. The van der Waals surface area contributed by atoms with Gasteiger partial charge in [-0.3, -0.25) is 4.98 Å². The summed E-state index contributed by atoms with van der Waals surface area (Å²) in [5.41, 5.74) is 2.31. The first-order valence-corrected chi connectivity index (χ1v) is 6.36. The van der Waals surface area contributed by atoms with Crippen molar-refractivity contribution in [3.05, 3.63) is 24.0 Å². The van der Waals surface area contributed by atoms with Gasteiger partial charge in [-0.15, -0.1) is 0 Å². The number of hydrogen-bond acceptors (Lipinski definition) is 2. The smallest absolute Gasteiger partial charge is 0.0393 e. The molecular formula is C14H22N2. The van der Waals surface area contributed by atoms with E-state index in [4.69, 9.17) is 0 Å². The lowest BCUT2D eigenvalue weighted by molar-refractivity contribution is 0.253. The SMILES string of the molecule is Cc1cc(NC2CCCC(C)C2C)ccn1. The maximum Gasteiger partial charge on any atom is 0.0393 e. The molecule has 0 spiro atoms. The summed E-state index contributed by atoms with van der Waals surface area (Å²) in [5.74, 6) is 1.61. The molecule has 0 aromatic carbocycles. The third-order valence-corrected chi connectivity index (χ3v) is 3.96. The third kappa shape index (κ3) is 2.55. The van der Waals surface area contributed by atoms with Gasteiger partial charge < -0.3 is 5.32 Å². The second-order valence-corrected chi connectivity index (χ2v) is 5.20. The lowest BCUT2D eigenvalue weighted by Gasteiger charge is -2.35. The van der Waals surface area contributed by atoms with Crippen LogP contribution in [0.15, 0.2) is 18.3 Å². The van der Waals surface area contributed by atoms with Gasteiger partial charge in [0.05, 0.1) is 0 Å². The van der Waals surface area contributed by atoms with Gasteiger partial charge in [0.1, 0.15) is 0 Å². The predicted octanol–water partition coefficient (Wildman–Crippen LogP) is 3.63. The molecule has 1 aromatic heterocycles. The molecule has 3 unspecified atom stereocenters. The summed E-state index contributed by atoms with van der Waals surface area (Å²) in [6, 6.07) is 4.83. The number of hydrogen-bond donors (Lipinski definition) is 1. The van der Waals surface area contributed by atoms with Gasteiger partial charge in [-0.25, -0.2) is 0 Å². The molecule has 1 aliphatic rings. The van der Waals surface area contributed by atoms with Crippen LogP contribution in [0.3, 0.4) is 0 Å². The highest BCUT2D eigenvalue weighted by Gasteiger charge is 2.26. The van der Waals surface area contributed by atoms with E-state index < -0.39 is 0 Å². The zero-order valence-corrected chi connectivity index (χ0v) is 10.5. The predicted molar refractivity (Wildman–Crippen MR) is 68.6 cm³/mol. The molecule has 88 valence electrons. The molecule has 1 aliphatic carbocycles. The highest BCUT2D eigenvalue weighted by atomic mass is 14.9. The Morgan fingerprint density at radius 2 is 2.12 bits per heavy atom. The van der Waals surface area contributed by atoms with E-state index >= 15 is 0 Å². The van der Waals surface area contributed by atoms with Crippen LogP contribution in [-0.2, 0) is 0 Å². The summed E-state index contributed by atoms with van der Waals surface area (Å²) >= 11 is 0. The Labute approximate surface area is 98.5 Å². The van der Waals surface area contributed by atoms with Crippen molar-refractivity contribution in [2.75, 3.05) is 5.32 Å². The van der Waals surface area contributed by atoms with Gasteiger partial charge in [0, 0.05) is 23.6 Å². The average molecular weight is 218 g/mol. The first kappa shape index (κ1) is 11.4. The molecule has 0 aliphatic heterocycles. The van der Waals surface area contributed by atoms with Crippen molar-refractivity contribution in [1.29, 1.82) is 0 Å². The van der Waals surface area contributed by atoms with E-state index in [1.54, 1.807) is 0 Å². The Hall–Kier alpha value is -1.05. The molecule has 0 saturated heterocycles.